The lowest BCUT2D eigenvalue weighted by Crippen LogP contribution is -2.32. The summed E-state index contributed by atoms with van der Waals surface area (Å²) in [5, 5.41) is 18.2. The molecule has 0 fully saturated rings. The maximum absolute atomic E-state index is 11.3. The third kappa shape index (κ3) is 2.32. The number of carboxylic acids is 2. The second-order valence-electron chi connectivity index (χ2n) is 4.25. The van der Waals surface area contributed by atoms with Crippen LogP contribution >= 0.6 is 0 Å². The molecule has 0 saturated carbocycles. The van der Waals surface area contributed by atoms with Crippen LogP contribution in [0.1, 0.15) is 33.1 Å². The Hall–Kier alpha value is -1.58. The summed E-state index contributed by atoms with van der Waals surface area (Å²) in [6, 6.07) is 0. The molecule has 0 aromatic heterocycles. The first kappa shape index (κ1) is 12.5. The first-order valence-electron chi connectivity index (χ1n) is 5.28. The van der Waals surface area contributed by atoms with E-state index in [1.807, 2.05) is 6.92 Å². The van der Waals surface area contributed by atoms with Crippen LogP contribution in [-0.4, -0.2) is 22.2 Å². The van der Waals surface area contributed by atoms with E-state index in [-0.39, 0.29) is 12.0 Å². The third-order valence-electron chi connectivity index (χ3n) is 2.81. The van der Waals surface area contributed by atoms with Crippen LogP contribution in [-0.2, 0) is 9.59 Å². The number of aliphatic carboxylic acids is 2. The molecule has 16 heavy (non-hydrogen) atoms. The lowest BCUT2D eigenvalue weighted by Gasteiger charge is -2.29. The Balaban J connectivity index is 3.12. The van der Waals surface area contributed by atoms with E-state index in [1.165, 1.54) is 0 Å². The highest BCUT2D eigenvalue weighted by molar-refractivity contribution is 5.90. The Bertz CT molecular complexity index is 378. The highest BCUT2D eigenvalue weighted by Crippen LogP contribution is 2.38. The van der Waals surface area contributed by atoms with Crippen molar-refractivity contribution in [3.8, 4) is 0 Å². The van der Waals surface area contributed by atoms with Crippen LogP contribution in [0.4, 0.5) is 0 Å². The fourth-order valence-electron chi connectivity index (χ4n) is 2.18. The smallest absolute Gasteiger partial charge is 0.331 e. The van der Waals surface area contributed by atoms with Gasteiger partial charge in [0.25, 0.3) is 0 Å². The van der Waals surface area contributed by atoms with E-state index >= 15 is 0 Å². The summed E-state index contributed by atoms with van der Waals surface area (Å²) >= 11 is 0. The van der Waals surface area contributed by atoms with Crippen molar-refractivity contribution in [3.05, 3.63) is 23.3 Å². The molecule has 0 radical (unpaired) electrons. The quantitative estimate of drug-likeness (QED) is 0.767. The fraction of sp³-hybridized carbons (Fsp3) is 0.500. The summed E-state index contributed by atoms with van der Waals surface area (Å²) in [4.78, 5) is 22.2. The minimum atomic E-state index is -1.04. The molecule has 1 atom stereocenters. The summed E-state index contributed by atoms with van der Waals surface area (Å²) in [6.45, 7) is 3.63. The largest absolute Gasteiger partial charge is 0.481 e. The van der Waals surface area contributed by atoms with E-state index in [9.17, 15) is 14.7 Å². The van der Waals surface area contributed by atoms with Gasteiger partial charge in [-0.1, -0.05) is 25.0 Å². The number of carboxylic acid groups (broad SMARTS) is 2. The highest BCUT2D eigenvalue weighted by atomic mass is 16.4. The fourth-order valence-corrected chi connectivity index (χ4v) is 2.18. The second kappa shape index (κ2) is 4.51. The van der Waals surface area contributed by atoms with Crippen LogP contribution in [0, 0.1) is 5.41 Å². The van der Waals surface area contributed by atoms with Crippen molar-refractivity contribution < 1.29 is 19.8 Å². The topological polar surface area (TPSA) is 74.6 Å². The summed E-state index contributed by atoms with van der Waals surface area (Å²) in [6.07, 6.45) is 4.46. The van der Waals surface area contributed by atoms with Crippen molar-refractivity contribution in [1.82, 2.24) is 0 Å². The van der Waals surface area contributed by atoms with Crippen LogP contribution in [0.2, 0.25) is 0 Å². The molecular weight excluding hydrogens is 208 g/mol. The van der Waals surface area contributed by atoms with E-state index in [0.29, 0.717) is 18.4 Å². The summed E-state index contributed by atoms with van der Waals surface area (Å²) < 4.78 is 0. The first-order chi connectivity index (χ1) is 7.41. The van der Waals surface area contributed by atoms with Gasteiger partial charge in [0.1, 0.15) is 0 Å². The Kier molecular flexibility index (Phi) is 3.52. The van der Waals surface area contributed by atoms with Crippen molar-refractivity contribution in [2.24, 2.45) is 5.41 Å². The molecule has 0 saturated heterocycles. The summed E-state index contributed by atoms with van der Waals surface area (Å²) in [5.41, 5.74) is -0.156. The average molecular weight is 224 g/mol. The predicted molar refractivity (Wildman–Crippen MR) is 59.1 cm³/mol. The van der Waals surface area contributed by atoms with Gasteiger partial charge in [-0.2, -0.15) is 0 Å². The zero-order valence-electron chi connectivity index (χ0n) is 9.49. The van der Waals surface area contributed by atoms with Gasteiger partial charge in [0.2, 0.25) is 0 Å². The second-order valence-corrected chi connectivity index (χ2v) is 4.25. The number of allylic oxidation sites excluding steroid dienone is 2. The zero-order chi connectivity index (χ0) is 12.3. The van der Waals surface area contributed by atoms with Crippen LogP contribution in [0.15, 0.2) is 23.3 Å². The third-order valence-corrected chi connectivity index (χ3v) is 2.81. The molecule has 0 aromatic carbocycles. The average Bonchev–Trinajstić information content (AvgIpc) is 2.16. The van der Waals surface area contributed by atoms with Crippen molar-refractivity contribution in [2.75, 3.05) is 0 Å². The van der Waals surface area contributed by atoms with Crippen LogP contribution in [0.5, 0.6) is 0 Å². The molecule has 1 aliphatic rings. The van der Waals surface area contributed by atoms with Gasteiger partial charge < -0.3 is 10.2 Å². The van der Waals surface area contributed by atoms with E-state index in [4.69, 9.17) is 5.11 Å². The molecule has 4 nitrogen and oxygen atoms in total. The van der Waals surface area contributed by atoms with Gasteiger partial charge in [-0.25, -0.2) is 4.79 Å². The van der Waals surface area contributed by atoms with Gasteiger partial charge >= 0.3 is 11.9 Å². The molecule has 1 rings (SSSR count). The van der Waals surface area contributed by atoms with Crippen molar-refractivity contribution in [2.45, 2.75) is 33.1 Å². The number of rotatable bonds is 4. The molecule has 1 aliphatic carbocycles. The molecule has 2 N–H and O–H groups in total. The Morgan fingerprint density at radius 3 is 2.50 bits per heavy atom. The molecule has 4 heteroatoms. The molecule has 0 aromatic rings. The van der Waals surface area contributed by atoms with E-state index in [1.54, 1.807) is 19.1 Å². The van der Waals surface area contributed by atoms with E-state index in [2.05, 4.69) is 0 Å². The lowest BCUT2D eigenvalue weighted by atomic mass is 9.73. The van der Waals surface area contributed by atoms with Crippen molar-refractivity contribution in [3.63, 3.8) is 0 Å². The van der Waals surface area contributed by atoms with E-state index in [0.717, 1.165) is 0 Å². The maximum atomic E-state index is 11.3. The van der Waals surface area contributed by atoms with Gasteiger partial charge in [0.15, 0.2) is 0 Å². The number of hydrogen-bond acceptors (Lipinski definition) is 2. The van der Waals surface area contributed by atoms with Crippen molar-refractivity contribution >= 4 is 11.9 Å². The Morgan fingerprint density at radius 2 is 2.06 bits per heavy atom. The number of hydrogen-bond donors (Lipinski definition) is 2. The minimum absolute atomic E-state index is 0.0723. The van der Waals surface area contributed by atoms with Gasteiger partial charge in [0, 0.05) is 5.57 Å². The molecule has 0 heterocycles. The molecule has 0 spiro atoms. The SMILES string of the molecule is CCCC1(C(=O)O)C=C(C)C=C(C(=O)O)C1. The lowest BCUT2D eigenvalue weighted by molar-refractivity contribution is -0.146. The molecule has 1 unspecified atom stereocenters. The predicted octanol–water partition coefficient (Wildman–Crippen LogP) is 2.22. The van der Waals surface area contributed by atoms with Gasteiger partial charge in [-0.3, -0.25) is 4.79 Å². The van der Waals surface area contributed by atoms with Gasteiger partial charge in [0.05, 0.1) is 5.41 Å². The minimum Gasteiger partial charge on any atom is -0.481 e. The highest BCUT2D eigenvalue weighted by Gasteiger charge is 2.39. The van der Waals surface area contributed by atoms with Crippen molar-refractivity contribution in [1.29, 1.82) is 0 Å². The normalized spacial score (nSPS) is 24.6. The first-order valence-corrected chi connectivity index (χ1v) is 5.28. The van der Waals surface area contributed by atoms with E-state index < -0.39 is 17.4 Å². The molecular formula is C12H16O4. The number of carbonyl (C=O) groups is 2. The summed E-state index contributed by atoms with van der Waals surface area (Å²) in [7, 11) is 0. The van der Waals surface area contributed by atoms with Crippen LogP contribution in [0.25, 0.3) is 0 Å². The van der Waals surface area contributed by atoms with Gasteiger partial charge in [-0.15, -0.1) is 0 Å². The molecule has 0 amide bonds. The summed E-state index contributed by atoms with van der Waals surface area (Å²) in [5.74, 6) is -1.98. The maximum Gasteiger partial charge on any atom is 0.331 e. The standard InChI is InChI=1S/C12H16O4/c1-3-4-12(11(15)16)6-8(2)5-9(7-12)10(13)14/h5-6H,3-4,7H2,1-2H3,(H,13,14)(H,15,16). The van der Waals surface area contributed by atoms with Crippen LogP contribution in [0.3, 0.4) is 0 Å². The van der Waals surface area contributed by atoms with Crippen LogP contribution < -0.4 is 0 Å². The molecule has 0 aliphatic heterocycles. The molecule has 0 bridgehead atoms. The zero-order valence-corrected chi connectivity index (χ0v) is 9.49. The van der Waals surface area contributed by atoms with Gasteiger partial charge in [-0.05, 0) is 25.8 Å². The Labute approximate surface area is 94.3 Å². The molecule has 88 valence electrons. The monoisotopic (exact) mass is 224 g/mol. The Morgan fingerprint density at radius 1 is 1.44 bits per heavy atom.